The van der Waals surface area contributed by atoms with Crippen LogP contribution in [0.2, 0.25) is 0 Å². The lowest BCUT2D eigenvalue weighted by Gasteiger charge is -2.48. The molecule has 1 aliphatic carbocycles. The van der Waals surface area contributed by atoms with Crippen molar-refractivity contribution in [1.82, 2.24) is 10.2 Å². The van der Waals surface area contributed by atoms with Gasteiger partial charge >= 0.3 is 0 Å². The van der Waals surface area contributed by atoms with Gasteiger partial charge in [0.25, 0.3) is 0 Å². The molecule has 2 unspecified atom stereocenters. The third-order valence-corrected chi connectivity index (χ3v) is 6.15. The van der Waals surface area contributed by atoms with Crippen molar-refractivity contribution in [3.63, 3.8) is 0 Å². The Morgan fingerprint density at radius 2 is 1.47 bits per heavy atom. The minimum absolute atomic E-state index is 0.599. The summed E-state index contributed by atoms with van der Waals surface area (Å²) in [5, 5.41) is 4.02. The van der Waals surface area contributed by atoms with Crippen LogP contribution in [0.3, 0.4) is 0 Å². The van der Waals surface area contributed by atoms with Gasteiger partial charge in [-0.2, -0.15) is 0 Å². The molecule has 19 heavy (non-hydrogen) atoms. The Morgan fingerprint density at radius 3 is 2.05 bits per heavy atom. The highest BCUT2D eigenvalue weighted by molar-refractivity contribution is 4.95. The zero-order chi connectivity index (χ0) is 13.5. The lowest BCUT2D eigenvalue weighted by atomic mass is 9.75. The smallest absolute Gasteiger partial charge is 0.0110 e. The summed E-state index contributed by atoms with van der Waals surface area (Å²) in [7, 11) is 2.36. The van der Waals surface area contributed by atoms with E-state index in [4.69, 9.17) is 0 Å². The third-order valence-electron chi connectivity index (χ3n) is 6.15. The van der Waals surface area contributed by atoms with E-state index < -0.39 is 0 Å². The fourth-order valence-corrected chi connectivity index (χ4v) is 4.65. The van der Waals surface area contributed by atoms with E-state index in [0.29, 0.717) is 5.41 Å². The first-order valence-electron chi connectivity index (χ1n) is 8.51. The topological polar surface area (TPSA) is 15.3 Å². The second-order valence-corrected chi connectivity index (χ2v) is 8.18. The average Bonchev–Trinajstić information content (AvgIpc) is 2.33. The van der Waals surface area contributed by atoms with Gasteiger partial charge < -0.3 is 10.2 Å². The summed E-state index contributed by atoms with van der Waals surface area (Å²) in [5.74, 6) is 0. The molecule has 2 aliphatic heterocycles. The van der Waals surface area contributed by atoms with Crippen LogP contribution in [0.25, 0.3) is 0 Å². The average molecular weight is 264 g/mol. The van der Waals surface area contributed by atoms with Crippen molar-refractivity contribution >= 4 is 0 Å². The SMILES string of the molecule is CN1C2CCCC1CC(NC1CCC(C)(C)CC1)C2. The Hall–Kier alpha value is -0.0800. The molecule has 0 aromatic heterocycles. The second-order valence-electron chi connectivity index (χ2n) is 8.18. The quantitative estimate of drug-likeness (QED) is 0.820. The van der Waals surface area contributed by atoms with Crippen molar-refractivity contribution in [3.8, 4) is 0 Å². The molecular weight excluding hydrogens is 232 g/mol. The molecule has 2 heterocycles. The standard InChI is InChI=1S/C17H32N2/c1-17(2)9-7-13(8-10-17)18-14-11-15-5-4-6-16(12-14)19(15)3/h13-16,18H,4-12H2,1-3H3. The van der Waals surface area contributed by atoms with Crippen LogP contribution in [0.15, 0.2) is 0 Å². The zero-order valence-corrected chi connectivity index (χ0v) is 13.1. The molecule has 2 bridgehead atoms. The summed E-state index contributed by atoms with van der Waals surface area (Å²) in [6, 6.07) is 3.34. The molecule has 0 amide bonds. The number of rotatable bonds is 2. The van der Waals surface area contributed by atoms with Crippen molar-refractivity contribution in [2.75, 3.05) is 7.05 Å². The summed E-state index contributed by atoms with van der Waals surface area (Å²) in [5.41, 5.74) is 0.599. The highest BCUT2D eigenvalue weighted by Crippen LogP contribution is 2.37. The summed E-state index contributed by atoms with van der Waals surface area (Å²) >= 11 is 0. The molecular formula is C17H32N2. The van der Waals surface area contributed by atoms with Crippen LogP contribution in [-0.2, 0) is 0 Å². The molecule has 2 saturated heterocycles. The fourth-order valence-electron chi connectivity index (χ4n) is 4.65. The predicted octanol–water partition coefficient (Wildman–Crippen LogP) is 3.56. The van der Waals surface area contributed by atoms with Gasteiger partial charge in [0.1, 0.15) is 0 Å². The normalized spacial score (nSPS) is 40.3. The van der Waals surface area contributed by atoms with Crippen molar-refractivity contribution in [2.45, 2.75) is 95.8 Å². The highest BCUT2D eigenvalue weighted by atomic mass is 15.2. The van der Waals surface area contributed by atoms with E-state index in [9.17, 15) is 0 Å². The molecule has 1 saturated carbocycles. The molecule has 3 fully saturated rings. The number of hydrogen-bond donors (Lipinski definition) is 1. The minimum atomic E-state index is 0.599. The molecule has 0 radical (unpaired) electrons. The maximum Gasteiger partial charge on any atom is 0.0110 e. The lowest BCUT2D eigenvalue weighted by Crippen LogP contribution is -2.56. The Bertz CT molecular complexity index is 288. The molecule has 0 aromatic rings. The molecule has 0 aromatic carbocycles. The Balaban J connectivity index is 1.51. The first-order valence-corrected chi connectivity index (χ1v) is 8.51. The number of hydrogen-bond acceptors (Lipinski definition) is 2. The van der Waals surface area contributed by atoms with Gasteiger partial charge in [0.15, 0.2) is 0 Å². The van der Waals surface area contributed by atoms with Gasteiger partial charge in [-0.1, -0.05) is 20.3 Å². The van der Waals surface area contributed by atoms with Crippen molar-refractivity contribution < 1.29 is 0 Å². The number of piperidine rings is 2. The van der Waals surface area contributed by atoms with Crippen LogP contribution in [-0.4, -0.2) is 36.1 Å². The van der Waals surface area contributed by atoms with Gasteiger partial charge in [-0.25, -0.2) is 0 Å². The summed E-state index contributed by atoms with van der Waals surface area (Å²) in [6.07, 6.45) is 12.7. The van der Waals surface area contributed by atoms with E-state index >= 15 is 0 Å². The van der Waals surface area contributed by atoms with Gasteiger partial charge in [0.05, 0.1) is 0 Å². The van der Waals surface area contributed by atoms with Gasteiger partial charge in [-0.3, -0.25) is 0 Å². The minimum Gasteiger partial charge on any atom is -0.311 e. The van der Waals surface area contributed by atoms with Crippen LogP contribution in [0.1, 0.15) is 71.6 Å². The molecule has 110 valence electrons. The Labute approximate surface area is 119 Å². The molecule has 2 heteroatoms. The number of fused-ring (bicyclic) bond motifs is 2. The van der Waals surface area contributed by atoms with Gasteiger partial charge in [0, 0.05) is 24.2 Å². The van der Waals surface area contributed by atoms with Gasteiger partial charge in [0.2, 0.25) is 0 Å². The lowest BCUT2D eigenvalue weighted by molar-refractivity contribution is 0.0425. The molecule has 3 aliphatic rings. The Morgan fingerprint density at radius 1 is 0.895 bits per heavy atom. The molecule has 1 N–H and O–H groups in total. The van der Waals surface area contributed by atoms with Crippen molar-refractivity contribution in [3.05, 3.63) is 0 Å². The van der Waals surface area contributed by atoms with E-state index in [0.717, 1.165) is 24.2 Å². The predicted molar refractivity (Wildman–Crippen MR) is 81.4 cm³/mol. The van der Waals surface area contributed by atoms with E-state index in [1.165, 1.54) is 57.8 Å². The summed E-state index contributed by atoms with van der Waals surface area (Å²) in [4.78, 5) is 2.67. The largest absolute Gasteiger partial charge is 0.311 e. The van der Waals surface area contributed by atoms with Crippen LogP contribution in [0.5, 0.6) is 0 Å². The molecule has 2 nitrogen and oxygen atoms in total. The van der Waals surface area contributed by atoms with E-state index in [2.05, 4.69) is 31.1 Å². The van der Waals surface area contributed by atoms with Gasteiger partial charge in [-0.15, -0.1) is 0 Å². The Kier molecular flexibility index (Phi) is 3.92. The maximum atomic E-state index is 4.02. The van der Waals surface area contributed by atoms with E-state index in [1.54, 1.807) is 0 Å². The zero-order valence-electron chi connectivity index (χ0n) is 13.1. The van der Waals surface area contributed by atoms with Crippen molar-refractivity contribution in [1.29, 1.82) is 0 Å². The first kappa shape index (κ1) is 13.9. The molecule has 2 atom stereocenters. The second kappa shape index (κ2) is 5.37. The van der Waals surface area contributed by atoms with Crippen LogP contribution in [0.4, 0.5) is 0 Å². The van der Waals surface area contributed by atoms with Gasteiger partial charge in [-0.05, 0) is 63.8 Å². The molecule has 3 rings (SSSR count). The van der Waals surface area contributed by atoms with Crippen LogP contribution >= 0.6 is 0 Å². The fraction of sp³-hybridized carbons (Fsp3) is 1.00. The third kappa shape index (κ3) is 3.16. The maximum absolute atomic E-state index is 4.02. The first-order chi connectivity index (χ1) is 9.03. The number of nitrogens with one attached hydrogen (secondary N) is 1. The van der Waals surface area contributed by atoms with Crippen LogP contribution < -0.4 is 5.32 Å². The van der Waals surface area contributed by atoms with E-state index in [1.807, 2.05) is 0 Å². The number of nitrogens with zero attached hydrogens (tertiary/aromatic N) is 1. The van der Waals surface area contributed by atoms with E-state index in [-0.39, 0.29) is 0 Å². The van der Waals surface area contributed by atoms with Crippen LogP contribution in [0, 0.1) is 5.41 Å². The van der Waals surface area contributed by atoms with Crippen molar-refractivity contribution in [2.24, 2.45) is 5.41 Å². The summed E-state index contributed by atoms with van der Waals surface area (Å²) < 4.78 is 0. The molecule has 0 spiro atoms. The summed E-state index contributed by atoms with van der Waals surface area (Å²) in [6.45, 7) is 4.87. The monoisotopic (exact) mass is 264 g/mol. The highest BCUT2D eigenvalue weighted by Gasteiger charge is 2.37.